The summed E-state index contributed by atoms with van der Waals surface area (Å²) in [7, 11) is 0. The van der Waals surface area contributed by atoms with E-state index in [4.69, 9.17) is 4.84 Å². The molecule has 1 aromatic carbocycles. The van der Waals surface area contributed by atoms with E-state index in [1.165, 1.54) is 29.7 Å². The highest BCUT2D eigenvalue weighted by atomic mass is 32.2. The predicted molar refractivity (Wildman–Crippen MR) is 82.8 cm³/mol. The second-order valence-corrected chi connectivity index (χ2v) is 7.27. The van der Waals surface area contributed by atoms with Crippen molar-refractivity contribution in [3.8, 4) is 5.75 Å². The fourth-order valence-electron chi connectivity index (χ4n) is 2.95. The van der Waals surface area contributed by atoms with Gasteiger partial charge in [0.2, 0.25) is 0 Å². The van der Waals surface area contributed by atoms with Crippen molar-refractivity contribution in [3.05, 3.63) is 22.8 Å². The average Bonchev–Trinajstić information content (AvgIpc) is 2.41. The Morgan fingerprint density at radius 3 is 2.70 bits per heavy atom. The Morgan fingerprint density at radius 2 is 2.10 bits per heavy atom. The van der Waals surface area contributed by atoms with E-state index in [2.05, 4.69) is 12.1 Å². The highest BCUT2D eigenvalue weighted by Crippen LogP contribution is 2.56. The Balaban J connectivity index is 2.11. The van der Waals surface area contributed by atoms with Gasteiger partial charge in [0.1, 0.15) is 12.4 Å². The Morgan fingerprint density at radius 1 is 1.35 bits per heavy atom. The Labute approximate surface area is 124 Å². The van der Waals surface area contributed by atoms with Gasteiger partial charge < -0.3 is 9.94 Å². The molecule has 1 fully saturated rings. The first kappa shape index (κ1) is 13.8. The second-order valence-electron chi connectivity index (χ2n) is 5.79. The summed E-state index contributed by atoms with van der Waals surface area (Å²) in [5.41, 5.74) is 4.21. The summed E-state index contributed by atoms with van der Waals surface area (Å²) in [6.07, 6.45) is 4.76. The van der Waals surface area contributed by atoms with E-state index < -0.39 is 0 Å². The van der Waals surface area contributed by atoms with Crippen LogP contribution in [-0.4, -0.2) is 22.2 Å². The van der Waals surface area contributed by atoms with Gasteiger partial charge in [0.25, 0.3) is 0 Å². The van der Waals surface area contributed by atoms with E-state index in [0.29, 0.717) is 17.1 Å². The normalized spacial score (nSPS) is 21.6. The zero-order valence-corrected chi connectivity index (χ0v) is 13.1. The third kappa shape index (κ3) is 2.10. The van der Waals surface area contributed by atoms with Crippen LogP contribution >= 0.6 is 11.8 Å². The van der Waals surface area contributed by atoms with Crippen molar-refractivity contribution in [2.75, 3.05) is 6.61 Å². The lowest BCUT2D eigenvalue weighted by molar-refractivity contribution is 0.157. The molecule has 1 aliphatic carbocycles. The van der Waals surface area contributed by atoms with Crippen LogP contribution in [0.25, 0.3) is 0 Å². The van der Waals surface area contributed by atoms with Gasteiger partial charge in [0.05, 0.1) is 5.71 Å². The smallest absolute Gasteiger partial charge is 0.119 e. The van der Waals surface area contributed by atoms with E-state index in [9.17, 15) is 5.11 Å². The highest BCUT2D eigenvalue weighted by Gasteiger charge is 2.44. The number of oxime groups is 1. The first-order chi connectivity index (χ1) is 9.56. The summed E-state index contributed by atoms with van der Waals surface area (Å²) >= 11 is 1.99. The van der Waals surface area contributed by atoms with Crippen molar-refractivity contribution in [1.82, 2.24) is 0 Å². The fraction of sp³-hybridized carbons (Fsp3) is 0.562. The Hall–Kier alpha value is -1.16. The summed E-state index contributed by atoms with van der Waals surface area (Å²) < 4.78 is 0.317. The van der Waals surface area contributed by atoms with Crippen molar-refractivity contribution in [2.24, 2.45) is 5.16 Å². The molecular weight excluding hydrogens is 270 g/mol. The maximum atomic E-state index is 10.1. The maximum Gasteiger partial charge on any atom is 0.119 e. The van der Waals surface area contributed by atoms with E-state index >= 15 is 0 Å². The zero-order valence-electron chi connectivity index (χ0n) is 12.3. The van der Waals surface area contributed by atoms with Gasteiger partial charge in [-0.2, -0.15) is 0 Å². The zero-order chi connectivity index (χ0) is 14.3. The van der Waals surface area contributed by atoms with Crippen molar-refractivity contribution in [1.29, 1.82) is 0 Å². The third-order valence-corrected chi connectivity index (χ3v) is 6.22. The van der Waals surface area contributed by atoms with Crippen LogP contribution in [0.1, 0.15) is 49.3 Å². The van der Waals surface area contributed by atoms with Crippen molar-refractivity contribution in [3.63, 3.8) is 0 Å². The van der Waals surface area contributed by atoms with Crippen molar-refractivity contribution >= 4 is 17.5 Å². The molecule has 4 heteroatoms. The van der Waals surface area contributed by atoms with E-state index in [-0.39, 0.29) is 0 Å². The number of hydrogen-bond donors (Lipinski definition) is 1. The van der Waals surface area contributed by atoms with E-state index in [1.54, 1.807) is 0 Å². The molecule has 3 nitrogen and oxygen atoms in total. The van der Waals surface area contributed by atoms with Gasteiger partial charge >= 0.3 is 0 Å². The molecule has 0 amide bonds. The lowest BCUT2D eigenvalue weighted by atomic mass is 9.78. The van der Waals surface area contributed by atoms with Crippen molar-refractivity contribution < 1.29 is 9.94 Å². The molecule has 3 rings (SSSR count). The van der Waals surface area contributed by atoms with Crippen molar-refractivity contribution in [2.45, 2.75) is 56.1 Å². The minimum atomic E-state index is 0.317. The Kier molecular flexibility index (Phi) is 3.44. The minimum absolute atomic E-state index is 0.317. The number of aromatic hydroxyl groups is 1. The molecule has 0 unspecified atom stereocenters. The number of rotatable bonds is 2. The van der Waals surface area contributed by atoms with Crippen LogP contribution < -0.4 is 0 Å². The largest absolute Gasteiger partial charge is 0.508 e. The lowest BCUT2D eigenvalue weighted by Crippen LogP contribution is -2.39. The van der Waals surface area contributed by atoms with Crippen LogP contribution in [-0.2, 0) is 4.84 Å². The molecule has 1 spiro atoms. The average molecular weight is 291 g/mol. The summed E-state index contributed by atoms with van der Waals surface area (Å²) in [5, 5.41) is 14.4. The molecule has 0 radical (unpaired) electrons. The number of hydrogen-bond acceptors (Lipinski definition) is 4. The number of fused-ring (bicyclic) bond motifs is 1. The van der Waals surface area contributed by atoms with E-state index in [0.717, 1.165) is 23.3 Å². The fourth-order valence-corrected chi connectivity index (χ4v) is 4.68. The molecule has 1 N–H and O–H groups in total. The summed E-state index contributed by atoms with van der Waals surface area (Å²) in [6.45, 7) is 6.60. The van der Waals surface area contributed by atoms with E-state index in [1.807, 2.05) is 31.7 Å². The molecule has 108 valence electrons. The first-order valence-corrected chi connectivity index (χ1v) is 8.09. The van der Waals surface area contributed by atoms with Crippen LogP contribution in [0.2, 0.25) is 0 Å². The SMILES string of the molecule is CCO/N=C1\CC2(CCC2)Sc2c1cc(O)c(C)c2C. The van der Waals surface area contributed by atoms with Gasteiger partial charge in [-0.15, -0.1) is 11.8 Å². The standard InChI is InChI=1S/C16H21NO2S/c1-4-19-17-13-9-16(6-5-7-16)20-15-11(3)10(2)14(18)8-12(13)15/h8,18H,4-7,9H2,1-3H3/b17-13+. The van der Waals surface area contributed by atoms with Gasteiger partial charge in [0, 0.05) is 21.6 Å². The lowest BCUT2D eigenvalue weighted by Gasteiger charge is -2.45. The maximum absolute atomic E-state index is 10.1. The summed E-state index contributed by atoms with van der Waals surface area (Å²) in [4.78, 5) is 6.58. The third-order valence-electron chi connectivity index (χ3n) is 4.50. The first-order valence-electron chi connectivity index (χ1n) is 7.28. The van der Waals surface area contributed by atoms with Crippen LogP contribution in [0.15, 0.2) is 16.1 Å². The molecule has 1 aromatic rings. The van der Waals surface area contributed by atoms with Crippen LogP contribution in [0.5, 0.6) is 5.75 Å². The molecule has 1 heterocycles. The van der Waals surface area contributed by atoms with Crippen LogP contribution in [0.3, 0.4) is 0 Å². The number of benzene rings is 1. The molecule has 1 saturated carbocycles. The second kappa shape index (κ2) is 4.99. The number of nitrogens with zero attached hydrogens (tertiary/aromatic N) is 1. The molecule has 20 heavy (non-hydrogen) atoms. The van der Waals surface area contributed by atoms with Gasteiger partial charge in [-0.3, -0.25) is 0 Å². The quantitative estimate of drug-likeness (QED) is 0.832. The predicted octanol–water partition coefficient (Wildman–Crippen LogP) is 4.17. The molecule has 0 saturated heterocycles. The molecule has 2 aliphatic rings. The van der Waals surface area contributed by atoms with Crippen LogP contribution in [0, 0.1) is 13.8 Å². The minimum Gasteiger partial charge on any atom is -0.508 e. The monoisotopic (exact) mass is 291 g/mol. The van der Waals surface area contributed by atoms with Gasteiger partial charge in [-0.1, -0.05) is 11.6 Å². The number of thioether (sulfide) groups is 1. The number of phenolic OH excluding ortho intramolecular Hbond substituents is 1. The highest BCUT2D eigenvalue weighted by molar-refractivity contribution is 8.01. The molecule has 1 aliphatic heterocycles. The van der Waals surface area contributed by atoms with Gasteiger partial charge in [0.15, 0.2) is 0 Å². The summed E-state index contributed by atoms with van der Waals surface area (Å²) in [6, 6.07) is 1.86. The van der Waals surface area contributed by atoms with Gasteiger partial charge in [-0.25, -0.2) is 0 Å². The van der Waals surface area contributed by atoms with Crippen LogP contribution in [0.4, 0.5) is 0 Å². The van der Waals surface area contributed by atoms with Gasteiger partial charge in [-0.05, 0) is 50.8 Å². The Bertz CT molecular complexity index is 576. The number of phenols is 1. The summed E-state index contributed by atoms with van der Waals surface area (Å²) in [5.74, 6) is 0.357. The topological polar surface area (TPSA) is 41.8 Å². The molecule has 0 bridgehead atoms. The molecular formula is C16H21NO2S. The molecule has 0 aromatic heterocycles. The molecule has 0 atom stereocenters.